The number of carbonyl (C=O) groups excluding carboxylic acids is 1. The molecular weight excluding hydrogens is 346 g/mol. The van der Waals surface area contributed by atoms with Crippen LogP contribution in [0, 0.1) is 0 Å². The summed E-state index contributed by atoms with van der Waals surface area (Å²) >= 11 is 0. The van der Waals surface area contributed by atoms with Gasteiger partial charge in [0.25, 0.3) is 0 Å². The number of hydrogen-bond donors (Lipinski definition) is 2. The Morgan fingerprint density at radius 1 is 1.33 bits per heavy atom. The first-order valence-corrected chi connectivity index (χ1v) is 9.18. The van der Waals surface area contributed by atoms with E-state index < -0.39 is 0 Å². The third-order valence-corrected chi connectivity index (χ3v) is 4.37. The number of methoxy groups -OCH3 is 1. The van der Waals surface area contributed by atoms with E-state index in [2.05, 4.69) is 44.9 Å². The minimum Gasteiger partial charge on any atom is -0.383 e. The summed E-state index contributed by atoms with van der Waals surface area (Å²) in [6, 6.07) is 11.9. The third-order valence-electron chi connectivity index (χ3n) is 4.37. The number of hydrogen-bond acceptors (Lipinski definition) is 5. The number of ether oxygens (including phenoxy) is 2. The van der Waals surface area contributed by atoms with Crippen molar-refractivity contribution in [2.24, 2.45) is 0 Å². The highest BCUT2D eigenvalue weighted by molar-refractivity contribution is 5.88. The Bertz CT molecular complexity index is 706. The maximum absolute atomic E-state index is 12.1. The van der Waals surface area contributed by atoms with Crippen LogP contribution in [0.15, 0.2) is 42.6 Å². The Balaban J connectivity index is 1.39. The standard InChI is InChI=1S/C19H27N5O3/c1-26-11-10-24-8-7-18(22-24)21-19(25)20-13-17-15-23(9-12-27-17)14-16-5-3-2-4-6-16/h2-8,17H,9-15H2,1H3,(H2,20,21,22,25). The van der Waals surface area contributed by atoms with Crippen LogP contribution >= 0.6 is 0 Å². The Morgan fingerprint density at radius 3 is 3.00 bits per heavy atom. The third kappa shape index (κ3) is 6.35. The van der Waals surface area contributed by atoms with E-state index in [1.165, 1.54) is 5.56 Å². The molecule has 1 aliphatic rings. The summed E-state index contributed by atoms with van der Waals surface area (Å²) < 4.78 is 12.5. The van der Waals surface area contributed by atoms with Gasteiger partial charge in [-0.2, -0.15) is 5.10 Å². The summed E-state index contributed by atoms with van der Waals surface area (Å²) in [6.45, 7) is 4.94. The average molecular weight is 373 g/mol. The Labute approximate surface area is 159 Å². The summed E-state index contributed by atoms with van der Waals surface area (Å²) in [5.41, 5.74) is 1.29. The molecule has 2 heterocycles. The molecule has 1 aliphatic heterocycles. The Kier molecular flexibility index (Phi) is 7.20. The fourth-order valence-electron chi connectivity index (χ4n) is 2.99. The smallest absolute Gasteiger partial charge is 0.320 e. The van der Waals surface area contributed by atoms with Crippen LogP contribution in [0.25, 0.3) is 0 Å². The molecule has 3 rings (SSSR count). The molecule has 1 fully saturated rings. The largest absolute Gasteiger partial charge is 0.383 e. The monoisotopic (exact) mass is 373 g/mol. The van der Waals surface area contributed by atoms with Crippen molar-refractivity contribution in [3.8, 4) is 0 Å². The van der Waals surface area contributed by atoms with Gasteiger partial charge in [0, 0.05) is 45.6 Å². The zero-order valence-corrected chi connectivity index (χ0v) is 15.6. The van der Waals surface area contributed by atoms with Crippen molar-refractivity contribution in [1.82, 2.24) is 20.0 Å². The van der Waals surface area contributed by atoms with Crippen molar-refractivity contribution in [2.75, 3.05) is 45.3 Å². The molecule has 0 saturated carbocycles. The van der Waals surface area contributed by atoms with Gasteiger partial charge in [0.05, 0.1) is 25.9 Å². The first kappa shape index (κ1) is 19.3. The van der Waals surface area contributed by atoms with Gasteiger partial charge in [0.15, 0.2) is 5.82 Å². The predicted molar refractivity (Wildman–Crippen MR) is 103 cm³/mol. The molecule has 8 heteroatoms. The number of nitrogens with one attached hydrogen (secondary N) is 2. The fourth-order valence-corrected chi connectivity index (χ4v) is 2.99. The van der Waals surface area contributed by atoms with Gasteiger partial charge in [0.1, 0.15) is 0 Å². The van der Waals surface area contributed by atoms with Crippen LogP contribution in [0.5, 0.6) is 0 Å². The van der Waals surface area contributed by atoms with E-state index in [1.807, 2.05) is 6.07 Å². The van der Waals surface area contributed by atoms with Crippen molar-refractivity contribution in [2.45, 2.75) is 19.2 Å². The van der Waals surface area contributed by atoms with Gasteiger partial charge in [-0.15, -0.1) is 0 Å². The van der Waals surface area contributed by atoms with Gasteiger partial charge in [-0.3, -0.25) is 14.9 Å². The molecule has 2 amide bonds. The lowest BCUT2D eigenvalue weighted by atomic mass is 10.2. The minimum atomic E-state index is -0.282. The molecule has 1 saturated heterocycles. The first-order chi connectivity index (χ1) is 13.2. The molecule has 1 aromatic heterocycles. The molecule has 0 radical (unpaired) electrons. The maximum Gasteiger partial charge on any atom is 0.320 e. The summed E-state index contributed by atoms with van der Waals surface area (Å²) in [4.78, 5) is 14.4. The van der Waals surface area contributed by atoms with E-state index in [9.17, 15) is 4.79 Å². The number of carbonyl (C=O) groups is 1. The molecule has 27 heavy (non-hydrogen) atoms. The number of urea groups is 1. The number of anilines is 1. The number of amides is 2. The topological polar surface area (TPSA) is 80.7 Å². The first-order valence-electron chi connectivity index (χ1n) is 9.18. The zero-order chi connectivity index (χ0) is 18.9. The van der Waals surface area contributed by atoms with Crippen molar-refractivity contribution in [3.05, 3.63) is 48.2 Å². The van der Waals surface area contributed by atoms with Gasteiger partial charge in [0.2, 0.25) is 0 Å². The molecule has 2 aromatic rings. The van der Waals surface area contributed by atoms with Gasteiger partial charge in [-0.05, 0) is 5.56 Å². The maximum atomic E-state index is 12.1. The molecule has 0 bridgehead atoms. The number of nitrogens with zero attached hydrogens (tertiary/aromatic N) is 3. The van der Waals surface area contributed by atoms with E-state index >= 15 is 0 Å². The van der Waals surface area contributed by atoms with Crippen LogP contribution in [-0.2, 0) is 22.6 Å². The SMILES string of the molecule is COCCn1ccc(NC(=O)NCC2CN(Cc3ccccc3)CCO2)n1. The van der Waals surface area contributed by atoms with Gasteiger partial charge >= 0.3 is 6.03 Å². The molecule has 1 unspecified atom stereocenters. The highest BCUT2D eigenvalue weighted by Gasteiger charge is 2.21. The number of aromatic nitrogens is 2. The quantitative estimate of drug-likeness (QED) is 0.734. The number of rotatable bonds is 8. The normalized spacial score (nSPS) is 17.6. The Morgan fingerprint density at radius 2 is 2.19 bits per heavy atom. The lowest BCUT2D eigenvalue weighted by Gasteiger charge is -2.33. The van der Waals surface area contributed by atoms with Crippen molar-refractivity contribution < 1.29 is 14.3 Å². The summed E-state index contributed by atoms with van der Waals surface area (Å²) in [5.74, 6) is 0.513. The van der Waals surface area contributed by atoms with Gasteiger partial charge in [-0.25, -0.2) is 4.79 Å². The van der Waals surface area contributed by atoms with Crippen molar-refractivity contribution >= 4 is 11.8 Å². The summed E-state index contributed by atoms with van der Waals surface area (Å²) in [6.07, 6.45) is 1.79. The molecule has 0 spiro atoms. The van der Waals surface area contributed by atoms with Gasteiger partial charge < -0.3 is 14.8 Å². The van der Waals surface area contributed by atoms with E-state index in [-0.39, 0.29) is 12.1 Å². The van der Waals surface area contributed by atoms with Crippen LogP contribution in [0.2, 0.25) is 0 Å². The molecule has 0 aliphatic carbocycles. The van der Waals surface area contributed by atoms with Crippen LogP contribution < -0.4 is 10.6 Å². The van der Waals surface area contributed by atoms with E-state index in [4.69, 9.17) is 9.47 Å². The predicted octanol–water partition coefficient (Wildman–Crippen LogP) is 1.55. The molecule has 8 nitrogen and oxygen atoms in total. The van der Waals surface area contributed by atoms with E-state index in [1.54, 1.807) is 24.1 Å². The Hall–Kier alpha value is -2.42. The van der Waals surface area contributed by atoms with Crippen LogP contribution in [-0.4, -0.2) is 66.8 Å². The highest BCUT2D eigenvalue weighted by Crippen LogP contribution is 2.10. The second-order valence-corrected chi connectivity index (χ2v) is 6.51. The summed E-state index contributed by atoms with van der Waals surface area (Å²) in [7, 11) is 1.64. The molecule has 1 atom stereocenters. The second-order valence-electron chi connectivity index (χ2n) is 6.51. The van der Waals surface area contributed by atoms with Crippen LogP contribution in [0.1, 0.15) is 5.56 Å². The van der Waals surface area contributed by atoms with Crippen molar-refractivity contribution in [3.63, 3.8) is 0 Å². The van der Waals surface area contributed by atoms with Crippen LogP contribution in [0.3, 0.4) is 0 Å². The lowest BCUT2D eigenvalue weighted by Crippen LogP contribution is -2.47. The second kappa shape index (κ2) is 10.1. The molecule has 146 valence electrons. The van der Waals surface area contributed by atoms with E-state index in [0.717, 1.165) is 19.6 Å². The molecule has 1 aromatic carbocycles. The van der Waals surface area contributed by atoms with Gasteiger partial charge in [-0.1, -0.05) is 30.3 Å². The highest BCUT2D eigenvalue weighted by atomic mass is 16.5. The van der Waals surface area contributed by atoms with Crippen LogP contribution in [0.4, 0.5) is 10.6 Å². The fraction of sp³-hybridized carbons (Fsp3) is 0.474. The molecule has 2 N–H and O–H groups in total. The van der Waals surface area contributed by atoms with E-state index in [0.29, 0.717) is 32.1 Å². The van der Waals surface area contributed by atoms with Crippen molar-refractivity contribution in [1.29, 1.82) is 0 Å². The zero-order valence-electron chi connectivity index (χ0n) is 15.6. The minimum absolute atomic E-state index is 0.0209. The summed E-state index contributed by atoms with van der Waals surface area (Å²) in [5, 5.41) is 9.87. The number of benzene rings is 1. The molecular formula is C19H27N5O3. The average Bonchev–Trinajstić information content (AvgIpc) is 3.13. The number of morpholine rings is 1. The lowest BCUT2D eigenvalue weighted by molar-refractivity contribution is -0.0285.